The molecule has 1 fully saturated rings. The van der Waals surface area contributed by atoms with Crippen molar-refractivity contribution in [2.45, 2.75) is 6.92 Å². The zero-order valence-electron chi connectivity index (χ0n) is 13.1. The number of amides is 1. The average Bonchev–Trinajstić information content (AvgIpc) is 2.92. The molecular weight excluding hydrogens is 342 g/mol. The topological polar surface area (TPSA) is 45.2 Å². The largest absolute Gasteiger partial charge is 0.346 e. The van der Waals surface area contributed by atoms with Crippen molar-refractivity contribution < 1.29 is 4.79 Å². The van der Waals surface area contributed by atoms with Crippen LogP contribution >= 0.6 is 22.9 Å². The number of nitrogens with one attached hydrogen (secondary N) is 1. The van der Waals surface area contributed by atoms with E-state index in [2.05, 4.69) is 21.3 Å². The van der Waals surface area contributed by atoms with Crippen LogP contribution in [0.15, 0.2) is 42.5 Å². The van der Waals surface area contributed by atoms with Crippen LogP contribution in [0.25, 0.3) is 10.2 Å². The van der Waals surface area contributed by atoms with E-state index in [0.29, 0.717) is 18.1 Å². The molecule has 1 saturated heterocycles. The van der Waals surface area contributed by atoms with Crippen LogP contribution in [0, 0.1) is 12.8 Å². The van der Waals surface area contributed by atoms with E-state index >= 15 is 0 Å². The van der Waals surface area contributed by atoms with Crippen molar-refractivity contribution in [3.8, 4) is 0 Å². The second kappa shape index (κ2) is 6.07. The zero-order chi connectivity index (χ0) is 16.7. The normalized spacial score (nSPS) is 14.7. The number of benzene rings is 2. The van der Waals surface area contributed by atoms with Crippen molar-refractivity contribution in [1.29, 1.82) is 0 Å². The number of nitrogens with zero attached hydrogens (tertiary/aromatic N) is 2. The Morgan fingerprint density at radius 1 is 1.29 bits per heavy atom. The molecule has 1 aliphatic heterocycles. The van der Waals surface area contributed by atoms with Gasteiger partial charge in [0.1, 0.15) is 0 Å². The molecule has 4 rings (SSSR count). The third-order valence-corrected chi connectivity index (χ3v) is 5.60. The van der Waals surface area contributed by atoms with Gasteiger partial charge in [0.05, 0.1) is 16.1 Å². The van der Waals surface area contributed by atoms with E-state index in [1.807, 2.05) is 37.3 Å². The fraction of sp³-hybridized carbons (Fsp3) is 0.222. The quantitative estimate of drug-likeness (QED) is 0.758. The molecule has 4 nitrogen and oxygen atoms in total. The molecule has 2 heterocycles. The Hall–Kier alpha value is -2.11. The van der Waals surface area contributed by atoms with Crippen LogP contribution in [0.2, 0.25) is 5.02 Å². The number of aryl methyl sites for hydroxylation is 1. The number of hydrogen-bond acceptors (Lipinski definition) is 4. The molecule has 24 heavy (non-hydrogen) atoms. The van der Waals surface area contributed by atoms with Gasteiger partial charge >= 0.3 is 0 Å². The zero-order valence-corrected chi connectivity index (χ0v) is 14.7. The summed E-state index contributed by atoms with van der Waals surface area (Å²) in [6, 6.07) is 13.6. The van der Waals surface area contributed by atoms with Crippen LogP contribution in [0.3, 0.4) is 0 Å². The van der Waals surface area contributed by atoms with Crippen LogP contribution in [-0.4, -0.2) is 24.0 Å². The van der Waals surface area contributed by atoms with Crippen LogP contribution < -0.4 is 10.2 Å². The van der Waals surface area contributed by atoms with Gasteiger partial charge in [0.25, 0.3) is 0 Å². The monoisotopic (exact) mass is 357 g/mol. The summed E-state index contributed by atoms with van der Waals surface area (Å²) < 4.78 is 1.18. The minimum Gasteiger partial charge on any atom is -0.346 e. The first-order chi connectivity index (χ1) is 11.6. The number of aromatic nitrogens is 1. The lowest BCUT2D eigenvalue weighted by Crippen LogP contribution is -2.52. The summed E-state index contributed by atoms with van der Waals surface area (Å²) in [6.07, 6.45) is 0. The molecule has 1 aliphatic rings. The molecule has 0 unspecified atom stereocenters. The van der Waals surface area contributed by atoms with E-state index in [9.17, 15) is 4.79 Å². The van der Waals surface area contributed by atoms with Gasteiger partial charge in [0.15, 0.2) is 5.13 Å². The first kappa shape index (κ1) is 15.4. The molecule has 0 saturated carbocycles. The Kier molecular flexibility index (Phi) is 3.90. The van der Waals surface area contributed by atoms with Gasteiger partial charge < -0.3 is 10.2 Å². The summed E-state index contributed by atoms with van der Waals surface area (Å²) in [7, 11) is 0. The van der Waals surface area contributed by atoms with Gasteiger partial charge in [-0.1, -0.05) is 41.1 Å². The lowest BCUT2D eigenvalue weighted by atomic mass is 9.99. The van der Waals surface area contributed by atoms with Crippen molar-refractivity contribution in [3.05, 3.63) is 53.1 Å². The molecule has 1 N–H and O–H groups in total. The van der Waals surface area contributed by atoms with Crippen LogP contribution in [0.5, 0.6) is 0 Å². The number of fused-ring (bicyclic) bond motifs is 1. The van der Waals surface area contributed by atoms with E-state index in [1.54, 1.807) is 17.4 Å². The summed E-state index contributed by atoms with van der Waals surface area (Å²) in [4.78, 5) is 19.2. The summed E-state index contributed by atoms with van der Waals surface area (Å²) in [6.45, 7) is 3.36. The smallest absolute Gasteiger partial charge is 0.231 e. The van der Waals surface area contributed by atoms with E-state index in [4.69, 9.17) is 11.6 Å². The maximum Gasteiger partial charge on any atom is 0.231 e. The molecule has 0 spiro atoms. The lowest BCUT2D eigenvalue weighted by molar-refractivity contribution is -0.120. The fourth-order valence-electron chi connectivity index (χ4n) is 2.76. The van der Waals surface area contributed by atoms with Crippen molar-refractivity contribution in [1.82, 2.24) is 4.98 Å². The molecular formula is C18H16ClN3OS. The Morgan fingerprint density at radius 2 is 2.08 bits per heavy atom. The Bertz CT molecular complexity index is 885. The first-order valence-electron chi connectivity index (χ1n) is 7.78. The van der Waals surface area contributed by atoms with Crippen molar-refractivity contribution >= 4 is 49.9 Å². The Labute approximate surface area is 149 Å². The second-order valence-corrected chi connectivity index (χ2v) is 7.46. The highest BCUT2D eigenvalue weighted by Crippen LogP contribution is 2.33. The number of hydrogen-bond donors (Lipinski definition) is 1. The minimum absolute atomic E-state index is 0.0182. The predicted octanol–water partition coefficient (Wildman–Crippen LogP) is 4.33. The number of para-hydroxylation sites is 1. The second-order valence-electron chi connectivity index (χ2n) is 6.01. The van der Waals surface area contributed by atoms with Gasteiger partial charge in [-0.3, -0.25) is 4.79 Å². The number of thiazole rings is 1. The van der Waals surface area contributed by atoms with Crippen molar-refractivity contribution in [2.24, 2.45) is 5.92 Å². The summed E-state index contributed by atoms with van der Waals surface area (Å²) in [5.41, 5.74) is 2.81. The number of carbonyl (C=O) groups is 1. The fourth-order valence-corrected chi connectivity index (χ4v) is 3.92. The van der Waals surface area contributed by atoms with E-state index in [-0.39, 0.29) is 11.8 Å². The van der Waals surface area contributed by atoms with Gasteiger partial charge in [-0.25, -0.2) is 4.98 Å². The molecule has 2 aromatic carbocycles. The maximum absolute atomic E-state index is 12.4. The summed E-state index contributed by atoms with van der Waals surface area (Å²) in [5, 5.41) is 4.60. The molecule has 1 amide bonds. The molecule has 0 radical (unpaired) electrons. The van der Waals surface area contributed by atoms with Crippen molar-refractivity contribution in [3.63, 3.8) is 0 Å². The summed E-state index contributed by atoms with van der Waals surface area (Å²) >= 11 is 7.67. The molecule has 1 aromatic heterocycles. The van der Waals surface area contributed by atoms with Crippen LogP contribution in [0.4, 0.5) is 10.8 Å². The highest BCUT2D eigenvalue weighted by molar-refractivity contribution is 7.22. The molecule has 122 valence electrons. The SMILES string of the molecule is Cc1ccc(Cl)cc1NC(=O)C1CN(c2nc3ccccc3s2)C1. The predicted molar refractivity (Wildman–Crippen MR) is 100 cm³/mol. The van der Waals surface area contributed by atoms with E-state index in [1.165, 1.54) is 4.70 Å². The molecule has 6 heteroatoms. The van der Waals surface area contributed by atoms with Crippen molar-refractivity contribution in [2.75, 3.05) is 23.3 Å². The molecule has 3 aromatic rings. The Morgan fingerprint density at radius 3 is 2.88 bits per heavy atom. The maximum atomic E-state index is 12.4. The molecule has 0 aliphatic carbocycles. The van der Waals surface area contributed by atoms with E-state index < -0.39 is 0 Å². The van der Waals surface area contributed by atoms with Gasteiger partial charge in [-0.05, 0) is 36.8 Å². The molecule has 0 bridgehead atoms. The van der Waals surface area contributed by atoms with E-state index in [0.717, 1.165) is 21.9 Å². The number of halogens is 1. The number of anilines is 2. The lowest BCUT2D eigenvalue weighted by Gasteiger charge is -2.38. The minimum atomic E-state index is -0.0182. The number of rotatable bonds is 3. The first-order valence-corrected chi connectivity index (χ1v) is 8.97. The van der Waals surface area contributed by atoms with Crippen LogP contribution in [0.1, 0.15) is 5.56 Å². The van der Waals surface area contributed by atoms with Gasteiger partial charge in [0, 0.05) is 23.8 Å². The average molecular weight is 358 g/mol. The highest BCUT2D eigenvalue weighted by Gasteiger charge is 2.34. The Balaban J connectivity index is 1.41. The van der Waals surface area contributed by atoms with Gasteiger partial charge in [-0.15, -0.1) is 0 Å². The molecule has 0 atom stereocenters. The van der Waals surface area contributed by atoms with Gasteiger partial charge in [-0.2, -0.15) is 0 Å². The van der Waals surface area contributed by atoms with Gasteiger partial charge in [0.2, 0.25) is 5.91 Å². The third-order valence-electron chi connectivity index (χ3n) is 4.26. The standard InChI is InChI=1S/C18H16ClN3OS/c1-11-6-7-13(19)8-15(11)20-17(23)12-9-22(10-12)18-21-14-4-2-3-5-16(14)24-18/h2-8,12H,9-10H2,1H3,(H,20,23). The highest BCUT2D eigenvalue weighted by atomic mass is 35.5. The number of carbonyl (C=O) groups excluding carboxylic acids is 1. The summed E-state index contributed by atoms with van der Waals surface area (Å²) in [5.74, 6) is 0.0214. The van der Waals surface area contributed by atoms with Crippen LogP contribution in [-0.2, 0) is 4.79 Å². The third kappa shape index (κ3) is 2.85.